The summed E-state index contributed by atoms with van der Waals surface area (Å²) in [5, 5.41) is 0. The molecule has 3 rings (SSSR count). The Bertz CT molecular complexity index is 810. The third-order valence-electron chi connectivity index (χ3n) is 4.75. The maximum Gasteiger partial charge on any atom is 0.260 e. The molecule has 1 unspecified atom stereocenters. The Morgan fingerprint density at radius 1 is 1.00 bits per heavy atom. The van der Waals surface area contributed by atoms with E-state index in [1.807, 2.05) is 37.3 Å². The van der Waals surface area contributed by atoms with E-state index in [0.717, 1.165) is 5.56 Å². The van der Waals surface area contributed by atoms with Gasteiger partial charge in [-0.2, -0.15) is 0 Å². The summed E-state index contributed by atoms with van der Waals surface area (Å²) in [6.45, 7) is 6.12. The first kappa shape index (κ1) is 16.8. The average molecular weight is 339 g/mol. The molecule has 1 heterocycles. The molecule has 0 bridgehead atoms. The molecule has 2 amide bonds. The maximum absolute atomic E-state index is 12.9. The lowest BCUT2D eigenvalue weighted by Crippen LogP contribution is -2.52. The minimum Gasteiger partial charge on any atom is -0.281 e. The van der Waals surface area contributed by atoms with Crippen LogP contribution in [0.15, 0.2) is 47.4 Å². The first-order chi connectivity index (χ1) is 11.4. The summed E-state index contributed by atoms with van der Waals surface area (Å²) in [6, 6.07) is 13.7. The average Bonchev–Trinajstić information content (AvgIpc) is 2.58. The minimum atomic E-state index is -0.710. The second-order valence-electron chi connectivity index (χ2n) is 6.56. The van der Waals surface area contributed by atoms with Crippen molar-refractivity contribution in [3.63, 3.8) is 0 Å². The van der Waals surface area contributed by atoms with Crippen LogP contribution >= 0.6 is 11.8 Å². The predicted octanol–water partition coefficient (Wildman–Crippen LogP) is 3.97. The lowest BCUT2D eigenvalue weighted by Gasteiger charge is -2.38. The van der Waals surface area contributed by atoms with E-state index < -0.39 is 5.41 Å². The van der Waals surface area contributed by atoms with Crippen molar-refractivity contribution in [1.82, 2.24) is 4.90 Å². The molecular formula is C20H21NO2S. The highest BCUT2D eigenvalue weighted by Crippen LogP contribution is 2.39. The number of carbonyl (C=O) groups excluding carboxylic acids is 2. The second kappa shape index (κ2) is 6.10. The van der Waals surface area contributed by atoms with E-state index in [9.17, 15) is 9.59 Å². The standard InChI is InChI=1S/C20H21NO2S/c1-13-8-7-9-14(2)17(13)24-12-20(3)16-11-6-5-10-15(16)18(22)21(4)19(20)23/h5-11H,12H2,1-4H3. The SMILES string of the molecule is Cc1cccc(C)c1SCC1(C)C(=O)N(C)C(=O)c2ccccc21. The molecule has 0 fully saturated rings. The van der Waals surface area contributed by atoms with Crippen molar-refractivity contribution in [2.24, 2.45) is 0 Å². The Morgan fingerprint density at radius 3 is 2.29 bits per heavy atom. The van der Waals surface area contributed by atoms with Gasteiger partial charge in [0.2, 0.25) is 5.91 Å². The molecule has 0 aliphatic carbocycles. The van der Waals surface area contributed by atoms with Gasteiger partial charge in [-0.25, -0.2) is 0 Å². The lowest BCUT2D eigenvalue weighted by atomic mass is 9.77. The highest BCUT2D eigenvalue weighted by Gasteiger charge is 2.46. The quantitative estimate of drug-likeness (QED) is 0.627. The zero-order valence-corrected chi connectivity index (χ0v) is 15.2. The van der Waals surface area contributed by atoms with Crippen molar-refractivity contribution in [2.75, 3.05) is 12.8 Å². The molecule has 0 saturated heterocycles. The Labute approximate surface area is 147 Å². The molecule has 124 valence electrons. The van der Waals surface area contributed by atoms with E-state index in [2.05, 4.69) is 26.0 Å². The van der Waals surface area contributed by atoms with Gasteiger partial charge >= 0.3 is 0 Å². The fourth-order valence-corrected chi connectivity index (χ4v) is 4.60. The molecule has 0 saturated carbocycles. The van der Waals surface area contributed by atoms with E-state index in [1.165, 1.54) is 20.9 Å². The lowest BCUT2D eigenvalue weighted by molar-refractivity contribution is -0.132. The summed E-state index contributed by atoms with van der Waals surface area (Å²) in [6.07, 6.45) is 0. The van der Waals surface area contributed by atoms with Crippen LogP contribution in [0.4, 0.5) is 0 Å². The molecule has 1 atom stereocenters. The van der Waals surface area contributed by atoms with Gasteiger partial charge in [0.05, 0.1) is 5.41 Å². The van der Waals surface area contributed by atoms with Gasteiger partial charge in [0.15, 0.2) is 0 Å². The van der Waals surface area contributed by atoms with E-state index in [-0.39, 0.29) is 11.8 Å². The molecule has 3 nitrogen and oxygen atoms in total. The molecule has 0 aromatic heterocycles. The number of carbonyl (C=O) groups is 2. The normalized spacial score (nSPS) is 20.2. The van der Waals surface area contributed by atoms with Gasteiger partial charge in [-0.05, 0) is 43.5 Å². The Balaban J connectivity index is 2.01. The Morgan fingerprint density at radius 2 is 1.62 bits per heavy atom. The number of amides is 2. The monoisotopic (exact) mass is 339 g/mol. The molecular weight excluding hydrogens is 318 g/mol. The first-order valence-electron chi connectivity index (χ1n) is 7.97. The van der Waals surface area contributed by atoms with Crippen molar-refractivity contribution in [3.05, 3.63) is 64.7 Å². The molecule has 2 aromatic rings. The first-order valence-corrected chi connectivity index (χ1v) is 8.96. The Hall–Kier alpha value is -2.07. The molecule has 4 heteroatoms. The summed E-state index contributed by atoms with van der Waals surface area (Å²) in [4.78, 5) is 27.8. The molecule has 24 heavy (non-hydrogen) atoms. The van der Waals surface area contributed by atoms with Crippen LogP contribution in [0.25, 0.3) is 0 Å². The van der Waals surface area contributed by atoms with Crippen LogP contribution < -0.4 is 0 Å². The Kier molecular flexibility index (Phi) is 4.26. The van der Waals surface area contributed by atoms with Crippen molar-refractivity contribution in [1.29, 1.82) is 0 Å². The smallest absolute Gasteiger partial charge is 0.260 e. The number of rotatable bonds is 3. The molecule has 0 radical (unpaired) electrons. The zero-order valence-electron chi connectivity index (χ0n) is 14.4. The molecule has 1 aliphatic rings. The van der Waals surface area contributed by atoms with Gasteiger partial charge in [0, 0.05) is 23.3 Å². The van der Waals surface area contributed by atoms with Crippen LogP contribution in [0.2, 0.25) is 0 Å². The topological polar surface area (TPSA) is 37.4 Å². The summed E-state index contributed by atoms with van der Waals surface area (Å²) < 4.78 is 0. The number of fused-ring (bicyclic) bond motifs is 1. The van der Waals surface area contributed by atoms with Crippen LogP contribution in [0.1, 0.15) is 34.0 Å². The van der Waals surface area contributed by atoms with Crippen molar-refractivity contribution < 1.29 is 9.59 Å². The van der Waals surface area contributed by atoms with Crippen LogP contribution in [0.5, 0.6) is 0 Å². The second-order valence-corrected chi connectivity index (χ2v) is 7.54. The van der Waals surface area contributed by atoms with E-state index in [4.69, 9.17) is 0 Å². The van der Waals surface area contributed by atoms with Crippen molar-refractivity contribution in [3.8, 4) is 0 Å². The number of aryl methyl sites for hydroxylation is 2. The molecule has 2 aromatic carbocycles. The van der Waals surface area contributed by atoms with Gasteiger partial charge in [0.25, 0.3) is 5.91 Å². The van der Waals surface area contributed by atoms with E-state index in [1.54, 1.807) is 18.8 Å². The summed E-state index contributed by atoms with van der Waals surface area (Å²) in [5.74, 6) is 0.252. The number of nitrogens with zero attached hydrogens (tertiary/aromatic N) is 1. The van der Waals surface area contributed by atoms with Crippen LogP contribution in [0.3, 0.4) is 0 Å². The number of imide groups is 1. The number of thioether (sulfide) groups is 1. The van der Waals surface area contributed by atoms with Gasteiger partial charge < -0.3 is 0 Å². The van der Waals surface area contributed by atoms with Crippen LogP contribution in [-0.2, 0) is 10.2 Å². The predicted molar refractivity (Wildman–Crippen MR) is 97.5 cm³/mol. The molecule has 0 spiro atoms. The van der Waals surface area contributed by atoms with Gasteiger partial charge in [0.1, 0.15) is 0 Å². The van der Waals surface area contributed by atoms with Crippen molar-refractivity contribution >= 4 is 23.6 Å². The maximum atomic E-state index is 12.9. The zero-order chi connectivity index (χ0) is 17.5. The van der Waals surface area contributed by atoms with Crippen molar-refractivity contribution in [2.45, 2.75) is 31.1 Å². The minimum absolute atomic E-state index is 0.134. The molecule has 1 aliphatic heterocycles. The van der Waals surface area contributed by atoms with Crippen LogP contribution in [0, 0.1) is 13.8 Å². The van der Waals surface area contributed by atoms with Gasteiger partial charge in [-0.1, -0.05) is 36.4 Å². The fraction of sp³-hybridized carbons (Fsp3) is 0.300. The highest BCUT2D eigenvalue weighted by molar-refractivity contribution is 7.99. The summed E-state index contributed by atoms with van der Waals surface area (Å²) >= 11 is 1.69. The third-order valence-corrected chi connectivity index (χ3v) is 6.40. The summed E-state index contributed by atoms with van der Waals surface area (Å²) in [7, 11) is 1.57. The van der Waals surface area contributed by atoms with Gasteiger partial charge in [-0.15, -0.1) is 11.8 Å². The highest BCUT2D eigenvalue weighted by atomic mass is 32.2. The fourth-order valence-electron chi connectivity index (χ4n) is 3.29. The number of likely N-dealkylation sites (N-methyl/N-ethyl adjacent to an activating group) is 1. The van der Waals surface area contributed by atoms with E-state index >= 15 is 0 Å². The number of hydrogen-bond donors (Lipinski definition) is 0. The largest absolute Gasteiger partial charge is 0.281 e. The van der Waals surface area contributed by atoms with E-state index in [0.29, 0.717) is 11.3 Å². The van der Waals surface area contributed by atoms with Gasteiger partial charge in [-0.3, -0.25) is 14.5 Å². The summed E-state index contributed by atoms with van der Waals surface area (Å²) in [5.41, 5.74) is 3.17. The molecule has 0 N–H and O–H groups in total. The number of hydrogen-bond acceptors (Lipinski definition) is 3. The third kappa shape index (κ3) is 2.55. The number of benzene rings is 2. The van der Waals surface area contributed by atoms with Crippen LogP contribution in [-0.4, -0.2) is 29.5 Å².